The Balaban J connectivity index is 1.67. The number of aromatic amines is 1. The summed E-state index contributed by atoms with van der Waals surface area (Å²) in [5.74, 6) is 0. The minimum absolute atomic E-state index is 0.543. The van der Waals surface area contributed by atoms with E-state index in [9.17, 15) is 5.26 Å². The van der Waals surface area contributed by atoms with E-state index in [2.05, 4.69) is 33.4 Å². The van der Waals surface area contributed by atoms with Gasteiger partial charge in [-0.15, -0.1) is 0 Å². The number of hydrogen-bond donors (Lipinski definition) is 1. The third-order valence-electron chi connectivity index (χ3n) is 5.90. The number of hydrogen-bond acceptors (Lipinski definition) is 4. The van der Waals surface area contributed by atoms with E-state index < -0.39 is 5.41 Å². The van der Waals surface area contributed by atoms with E-state index in [1.165, 1.54) is 0 Å². The first kappa shape index (κ1) is 19.5. The van der Waals surface area contributed by atoms with Crippen LogP contribution in [0.2, 0.25) is 0 Å². The van der Waals surface area contributed by atoms with Gasteiger partial charge in [0.1, 0.15) is 5.69 Å². The smallest absolute Gasteiger partial charge is 0.101 e. The third kappa shape index (κ3) is 3.17. The molecule has 0 amide bonds. The molecule has 0 saturated carbocycles. The molecule has 2 heterocycles. The summed E-state index contributed by atoms with van der Waals surface area (Å²) in [6, 6.07) is 26.3. The van der Waals surface area contributed by atoms with Gasteiger partial charge in [0.05, 0.1) is 40.3 Å². The zero-order valence-electron chi connectivity index (χ0n) is 17.7. The van der Waals surface area contributed by atoms with Crippen LogP contribution in [0, 0.1) is 22.7 Å². The lowest BCUT2D eigenvalue weighted by atomic mass is 9.86. The van der Waals surface area contributed by atoms with Crippen LogP contribution in [0.15, 0.2) is 72.9 Å². The highest BCUT2D eigenvalue weighted by Crippen LogP contribution is 2.35. The first-order valence-corrected chi connectivity index (χ1v) is 10.3. The summed E-state index contributed by atoms with van der Waals surface area (Å²) >= 11 is 0. The van der Waals surface area contributed by atoms with Crippen molar-refractivity contribution in [1.29, 1.82) is 10.5 Å². The van der Waals surface area contributed by atoms with Gasteiger partial charge in [-0.05, 0) is 54.8 Å². The van der Waals surface area contributed by atoms with E-state index >= 15 is 0 Å². The maximum atomic E-state index is 9.42. The molecule has 0 aliphatic carbocycles. The molecule has 0 atom stereocenters. The predicted octanol–water partition coefficient (Wildman–Crippen LogP) is 6.12. The minimum atomic E-state index is -0.543. The molecule has 0 unspecified atom stereocenters. The van der Waals surface area contributed by atoms with Gasteiger partial charge in [-0.1, -0.05) is 42.5 Å². The SMILES string of the molecule is CC(C)(C#N)c1ccc(-c2n[nH]c3cnc4ccc(-c5ccc(C#N)cc5)cc4c23)cc1. The number of nitrogens with one attached hydrogen (secondary N) is 1. The Bertz CT molecular complexity index is 1540. The first-order valence-electron chi connectivity index (χ1n) is 10.3. The van der Waals surface area contributed by atoms with Crippen LogP contribution in [-0.4, -0.2) is 15.2 Å². The molecule has 5 nitrogen and oxygen atoms in total. The van der Waals surface area contributed by atoms with Crippen molar-refractivity contribution in [1.82, 2.24) is 15.2 Å². The Kier molecular flexibility index (Phi) is 4.47. The monoisotopic (exact) mass is 413 g/mol. The molecular weight excluding hydrogens is 394 g/mol. The van der Waals surface area contributed by atoms with Crippen LogP contribution >= 0.6 is 0 Å². The average Bonchev–Trinajstić information content (AvgIpc) is 3.28. The fourth-order valence-corrected chi connectivity index (χ4v) is 3.94. The Morgan fingerprint density at radius 2 is 1.53 bits per heavy atom. The van der Waals surface area contributed by atoms with Crippen LogP contribution in [0.1, 0.15) is 25.0 Å². The number of rotatable bonds is 3. The van der Waals surface area contributed by atoms with Crippen LogP contribution in [0.5, 0.6) is 0 Å². The Labute approximate surface area is 185 Å². The Hall–Kier alpha value is -4.48. The second-order valence-electron chi connectivity index (χ2n) is 8.35. The van der Waals surface area contributed by atoms with Crippen molar-refractivity contribution in [2.24, 2.45) is 0 Å². The molecule has 0 bridgehead atoms. The van der Waals surface area contributed by atoms with Crippen LogP contribution in [0.4, 0.5) is 0 Å². The first-order chi connectivity index (χ1) is 15.5. The van der Waals surface area contributed by atoms with Crippen molar-refractivity contribution in [2.45, 2.75) is 19.3 Å². The summed E-state index contributed by atoms with van der Waals surface area (Å²) < 4.78 is 0. The largest absolute Gasteiger partial charge is 0.276 e. The summed E-state index contributed by atoms with van der Waals surface area (Å²) in [5, 5.41) is 28.2. The van der Waals surface area contributed by atoms with E-state index in [4.69, 9.17) is 5.26 Å². The number of pyridine rings is 1. The van der Waals surface area contributed by atoms with Crippen LogP contribution in [0.25, 0.3) is 44.2 Å². The minimum Gasteiger partial charge on any atom is -0.276 e. The van der Waals surface area contributed by atoms with Gasteiger partial charge in [0.25, 0.3) is 0 Å². The quantitative estimate of drug-likeness (QED) is 0.386. The average molecular weight is 413 g/mol. The molecule has 0 radical (unpaired) electrons. The number of fused-ring (bicyclic) bond motifs is 3. The summed E-state index contributed by atoms with van der Waals surface area (Å²) in [6.07, 6.45) is 1.81. The lowest BCUT2D eigenvalue weighted by Crippen LogP contribution is -2.13. The lowest BCUT2D eigenvalue weighted by Gasteiger charge is -2.15. The summed E-state index contributed by atoms with van der Waals surface area (Å²) in [4.78, 5) is 4.59. The van der Waals surface area contributed by atoms with Crippen LogP contribution < -0.4 is 0 Å². The summed E-state index contributed by atoms with van der Waals surface area (Å²) in [7, 11) is 0. The highest BCUT2D eigenvalue weighted by Gasteiger charge is 2.20. The topological polar surface area (TPSA) is 89.2 Å². The van der Waals surface area contributed by atoms with E-state index in [1.807, 2.05) is 80.7 Å². The van der Waals surface area contributed by atoms with Crippen molar-refractivity contribution in [3.8, 4) is 34.5 Å². The standard InChI is InChI=1S/C27H19N5/c1-27(2,16-29)21-10-7-19(8-11-21)26-25-22-13-20(18-5-3-17(14-28)4-6-18)9-12-23(22)30-15-24(25)31-32-26/h3-13,15H,1-2H3,(H,31,32). The van der Waals surface area contributed by atoms with Gasteiger partial charge in [-0.25, -0.2) is 0 Å². The molecular formula is C27H19N5. The molecule has 5 rings (SSSR count). The number of aromatic nitrogens is 3. The molecule has 32 heavy (non-hydrogen) atoms. The van der Waals surface area contributed by atoms with Crippen molar-refractivity contribution in [3.63, 3.8) is 0 Å². The van der Waals surface area contributed by atoms with Gasteiger partial charge >= 0.3 is 0 Å². The molecule has 0 aliphatic heterocycles. The second-order valence-corrected chi connectivity index (χ2v) is 8.35. The van der Waals surface area contributed by atoms with Gasteiger partial charge in [0.2, 0.25) is 0 Å². The second kappa shape index (κ2) is 7.34. The molecule has 0 saturated heterocycles. The molecule has 152 valence electrons. The fourth-order valence-electron chi connectivity index (χ4n) is 3.94. The lowest BCUT2D eigenvalue weighted by molar-refractivity contribution is 0.687. The Morgan fingerprint density at radius 3 is 2.22 bits per heavy atom. The fraction of sp³-hybridized carbons (Fsp3) is 0.111. The number of nitriles is 2. The van der Waals surface area contributed by atoms with Gasteiger partial charge < -0.3 is 0 Å². The van der Waals surface area contributed by atoms with Crippen molar-refractivity contribution >= 4 is 21.8 Å². The summed E-state index contributed by atoms with van der Waals surface area (Å²) in [5.41, 5.74) is 6.74. The van der Waals surface area contributed by atoms with Crippen molar-refractivity contribution < 1.29 is 0 Å². The number of nitrogens with zero attached hydrogens (tertiary/aromatic N) is 4. The van der Waals surface area contributed by atoms with E-state index in [0.717, 1.165) is 49.8 Å². The normalized spacial score (nSPS) is 11.4. The number of H-pyrrole nitrogens is 1. The van der Waals surface area contributed by atoms with Crippen LogP contribution in [0.3, 0.4) is 0 Å². The van der Waals surface area contributed by atoms with Crippen molar-refractivity contribution in [2.75, 3.05) is 0 Å². The highest BCUT2D eigenvalue weighted by molar-refractivity contribution is 6.11. The predicted molar refractivity (Wildman–Crippen MR) is 126 cm³/mol. The van der Waals surface area contributed by atoms with Gasteiger partial charge in [0, 0.05) is 16.3 Å². The molecule has 0 fully saturated rings. The number of benzene rings is 3. The maximum Gasteiger partial charge on any atom is 0.101 e. The molecule has 5 aromatic rings. The molecule has 0 spiro atoms. The van der Waals surface area contributed by atoms with Crippen LogP contribution in [-0.2, 0) is 5.41 Å². The maximum absolute atomic E-state index is 9.42. The molecule has 1 N–H and O–H groups in total. The van der Waals surface area contributed by atoms with Gasteiger partial charge in [0.15, 0.2) is 0 Å². The molecule has 3 aromatic carbocycles. The Morgan fingerprint density at radius 1 is 0.844 bits per heavy atom. The van der Waals surface area contributed by atoms with E-state index in [1.54, 1.807) is 0 Å². The third-order valence-corrected chi connectivity index (χ3v) is 5.90. The van der Waals surface area contributed by atoms with E-state index in [0.29, 0.717) is 5.56 Å². The van der Waals surface area contributed by atoms with Gasteiger partial charge in [-0.3, -0.25) is 10.1 Å². The molecule has 0 aliphatic rings. The van der Waals surface area contributed by atoms with E-state index in [-0.39, 0.29) is 0 Å². The summed E-state index contributed by atoms with van der Waals surface area (Å²) in [6.45, 7) is 3.83. The zero-order chi connectivity index (χ0) is 22.3. The highest BCUT2D eigenvalue weighted by atomic mass is 15.1. The van der Waals surface area contributed by atoms with Gasteiger partial charge in [-0.2, -0.15) is 15.6 Å². The zero-order valence-corrected chi connectivity index (χ0v) is 17.7. The molecule has 2 aromatic heterocycles. The molecule has 5 heteroatoms. The van der Waals surface area contributed by atoms with Crippen molar-refractivity contribution in [3.05, 3.63) is 84.1 Å².